The van der Waals surface area contributed by atoms with Crippen molar-refractivity contribution in [3.8, 4) is 11.6 Å². The Morgan fingerprint density at radius 3 is 2.18 bits per heavy atom. The molecule has 0 spiro atoms. The molecule has 0 radical (unpaired) electrons. The van der Waals surface area contributed by atoms with Crippen molar-refractivity contribution in [3.63, 3.8) is 0 Å². The van der Waals surface area contributed by atoms with Crippen molar-refractivity contribution < 1.29 is 13.5 Å². The molecule has 0 amide bonds. The van der Waals surface area contributed by atoms with Crippen LogP contribution in [0.2, 0.25) is 0 Å². The highest BCUT2D eigenvalue weighted by Crippen LogP contribution is 2.43. The van der Waals surface area contributed by atoms with Gasteiger partial charge in [0, 0.05) is 7.05 Å². The average molecular weight is 309 g/mol. The summed E-state index contributed by atoms with van der Waals surface area (Å²) >= 11 is 0. The molecule has 2 rings (SSSR count). The van der Waals surface area contributed by atoms with Gasteiger partial charge in [0.2, 0.25) is 5.82 Å². The van der Waals surface area contributed by atoms with Crippen molar-refractivity contribution >= 4 is 0 Å². The number of benzene rings is 1. The normalized spacial score (nSPS) is 12.5. The first-order valence-corrected chi connectivity index (χ1v) is 7.06. The van der Waals surface area contributed by atoms with Crippen molar-refractivity contribution in [2.45, 2.75) is 40.0 Å². The van der Waals surface area contributed by atoms with Crippen molar-refractivity contribution in [1.29, 1.82) is 0 Å². The predicted octanol–water partition coefficient (Wildman–Crippen LogP) is 4.21. The molecule has 0 saturated heterocycles. The molecule has 1 aromatic carbocycles. The number of aryl methyl sites for hydroxylation is 1. The van der Waals surface area contributed by atoms with Crippen LogP contribution < -0.4 is 4.74 Å². The molecule has 0 bridgehead atoms. The van der Waals surface area contributed by atoms with Crippen LogP contribution in [0.15, 0.2) is 18.3 Å². The Labute approximate surface area is 129 Å². The average Bonchev–Trinajstić information content (AvgIpc) is 2.79. The fraction of sp³-hybridized carbons (Fsp3) is 0.500. The first-order valence-electron chi connectivity index (χ1n) is 7.06. The molecule has 0 unspecified atom stereocenters. The first-order chi connectivity index (χ1) is 10.0. The maximum atomic E-state index is 14.5. The fourth-order valence-electron chi connectivity index (χ4n) is 1.98. The van der Waals surface area contributed by atoms with Gasteiger partial charge in [-0.25, -0.2) is 4.39 Å². The standard InChI is InChI=1S/C16H21F2N3O/c1-15(2,3)16(4,5)10-7-8-11(14(18)13(10)17)22-12-9-19-21(6)20-12/h7-9H,1-6H3. The number of rotatable bonds is 3. The van der Waals surface area contributed by atoms with E-state index in [4.69, 9.17) is 4.74 Å². The molecular formula is C16H21F2N3O. The quantitative estimate of drug-likeness (QED) is 0.852. The molecule has 2 aromatic rings. The lowest BCUT2D eigenvalue weighted by Crippen LogP contribution is -2.35. The zero-order valence-corrected chi connectivity index (χ0v) is 13.7. The van der Waals surface area contributed by atoms with E-state index in [1.165, 1.54) is 17.1 Å². The second kappa shape index (κ2) is 5.34. The number of halogens is 2. The minimum absolute atomic E-state index is 0.114. The van der Waals surface area contributed by atoms with Gasteiger partial charge in [-0.3, -0.25) is 0 Å². The largest absolute Gasteiger partial charge is 0.433 e. The zero-order valence-electron chi connectivity index (χ0n) is 13.7. The van der Waals surface area contributed by atoms with Gasteiger partial charge in [0.25, 0.3) is 5.88 Å². The van der Waals surface area contributed by atoms with Crippen LogP contribution in [0.4, 0.5) is 8.78 Å². The third kappa shape index (κ3) is 2.82. The van der Waals surface area contributed by atoms with Gasteiger partial charge >= 0.3 is 0 Å². The Kier molecular flexibility index (Phi) is 3.98. The Balaban J connectivity index is 2.41. The summed E-state index contributed by atoms with van der Waals surface area (Å²) in [7, 11) is 1.61. The Hall–Kier alpha value is -1.98. The van der Waals surface area contributed by atoms with Gasteiger partial charge in [0.1, 0.15) is 6.20 Å². The molecule has 0 aliphatic rings. The molecule has 0 saturated carbocycles. The maximum absolute atomic E-state index is 14.5. The van der Waals surface area contributed by atoms with E-state index < -0.39 is 17.0 Å². The third-order valence-corrected chi connectivity index (χ3v) is 4.39. The molecule has 1 heterocycles. The highest BCUT2D eigenvalue weighted by Gasteiger charge is 2.37. The number of hydrogen-bond acceptors (Lipinski definition) is 3. The monoisotopic (exact) mass is 309 g/mol. The number of nitrogens with zero attached hydrogens (tertiary/aromatic N) is 3. The summed E-state index contributed by atoms with van der Waals surface area (Å²) in [6, 6.07) is 2.99. The van der Waals surface area contributed by atoms with Gasteiger partial charge in [-0.15, -0.1) is 5.10 Å². The minimum atomic E-state index is -1.01. The predicted molar refractivity (Wildman–Crippen MR) is 79.9 cm³/mol. The molecule has 22 heavy (non-hydrogen) atoms. The van der Waals surface area contributed by atoms with Crippen LogP contribution in [0.25, 0.3) is 0 Å². The Morgan fingerprint density at radius 1 is 1.05 bits per heavy atom. The van der Waals surface area contributed by atoms with Crippen molar-refractivity contribution in [2.75, 3.05) is 0 Å². The molecule has 0 N–H and O–H groups in total. The second-order valence-corrected chi connectivity index (χ2v) is 6.89. The lowest BCUT2D eigenvalue weighted by atomic mass is 9.65. The van der Waals surface area contributed by atoms with E-state index in [2.05, 4.69) is 10.2 Å². The highest BCUT2D eigenvalue weighted by atomic mass is 19.2. The number of aromatic nitrogens is 3. The summed E-state index contributed by atoms with van der Waals surface area (Å²) < 4.78 is 34.1. The van der Waals surface area contributed by atoms with E-state index in [9.17, 15) is 8.78 Å². The summed E-state index contributed by atoms with van der Waals surface area (Å²) in [5.74, 6) is -1.99. The van der Waals surface area contributed by atoms with Gasteiger partial charge in [-0.2, -0.15) is 14.3 Å². The summed E-state index contributed by atoms with van der Waals surface area (Å²) in [4.78, 5) is 1.28. The second-order valence-electron chi connectivity index (χ2n) is 6.89. The SMILES string of the molecule is Cn1ncc(Oc2ccc(C(C)(C)C(C)(C)C)c(F)c2F)n1. The van der Waals surface area contributed by atoms with Gasteiger partial charge in [0.15, 0.2) is 11.6 Å². The fourth-order valence-corrected chi connectivity index (χ4v) is 1.98. The molecule has 6 heteroatoms. The molecule has 1 aromatic heterocycles. The van der Waals surface area contributed by atoms with Crippen LogP contribution in [0, 0.1) is 17.0 Å². The van der Waals surface area contributed by atoms with Gasteiger partial charge in [-0.05, 0) is 22.5 Å². The lowest BCUT2D eigenvalue weighted by molar-refractivity contribution is 0.216. The smallest absolute Gasteiger partial charge is 0.258 e. The minimum Gasteiger partial charge on any atom is -0.433 e. The van der Waals surface area contributed by atoms with Crippen LogP contribution in [0.5, 0.6) is 11.6 Å². The van der Waals surface area contributed by atoms with Crippen molar-refractivity contribution in [2.24, 2.45) is 12.5 Å². The van der Waals surface area contributed by atoms with Crippen LogP contribution in [-0.4, -0.2) is 15.0 Å². The van der Waals surface area contributed by atoms with Gasteiger partial charge in [-0.1, -0.05) is 40.7 Å². The summed E-state index contributed by atoms with van der Waals surface area (Å²) in [6.07, 6.45) is 1.34. The lowest BCUT2D eigenvalue weighted by Gasteiger charge is -2.39. The van der Waals surface area contributed by atoms with Crippen LogP contribution >= 0.6 is 0 Å². The van der Waals surface area contributed by atoms with E-state index in [1.54, 1.807) is 13.1 Å². The molecule has 0 fully saturated rings. The van der Waals surface area contributed by atoms with Crippen LogP contribution in [0.1, 0.15) is 40.2 Å². The summed E-state index contributed by atoms with van der Waals surface area (Å²) in [5, 5.41) is 7.70. The van der Waals surface area contributed by atoms with Gasteiger partial charge < -0.3 is 4.74 Å². The number of ether oxygens (including phenoxy) is 1. The van der Waals surface area contributed by atoms with Crippen molar-refractivity contribution in [1.82, 2.24) is 15.0 Å². The number of hydrogen-bond donors (Lipinski definition) is 0. The topological polar surface area (TPSA) is 39.9 Å². The van der Waals surface area contributed by atoms with E-state index >= 15 is 0 Å². The van der Waals surface area contributed by atoms with E-state index in [-0.39, 0.29) is 17.0 Å². The van der Waals surface area contributed by atoms with E-state index in [1.807, 2.05) is 34.6 Å². The molecule has 0 aliphatic carbocycles. The molecule has 4 nitrogen and oxygen atoms in total. The summed E-state index contributed by atoms with van der Waals surface area (Å²) in [5.41, 5.74) is -0.444. The van der Waals surface area contributed by atoms with Gasteiger partial charge in [0.05, 0.1) is 0 Å². The maximum Gasteiger partial charge on any atom is 0.258 e. The van der Waals surface area contributed by atoms with Crippen LogP contribution in [-0.2, 0) is 12.5 Å². The summed E-state index contributed by atoms with van der Waals surface area (Å²) in [6.45, 7) is 9.78. The molecule has 0 atom stereocenters. The molecular weight excluding hydrogens is 288 g/mol. The Bertz CT molecular complexity index is 687. The molecule has 0 aliphatic heterocycles. The Morgan fingerprint density at radius 2 is 1.68 bits per heavy atom. The van der Waals surface area contributed by atoms with E-state index in [0.29, 0.717) is 5.56 Å². The van der Waals surface area contributed by atoms with E-state index in [0.717, 1.165) is 0 Å². The molecule has 120 valence electrons. The first kappa shape index (κ1) is 16.4. The zero-order chi connectivity index (χ0) is 16.7. The van der Waals surface area contributed by atoms with Crippen LogP contribution in [0.3, 0.4) is 0 Å². The highest BCUT2D eigenvalue weighted by molar-refractivity contribution is 5.37. The van der Waals surface area contributed by atoms with Crippen molar-refractivity contribution in [3.05, 3.63) is 35.5 Å². The third-order valence-electron chi connectivity index (χ3n) is 4.39.